The number of rotatable bonds is 5. The monoisotopic (exact) mass is 295 g/mol. The third-order valence-electron chi connectivity index (χ3n) is 3.86. The molecule has 1 saturated heterocycles. The summed E-state index contributed by atoms with van der Waals surface area (Å²) in [5.74, 6) is 0.176. The number of benzene rings is 1. The maximum atomic E-state index is 12.2. The summed E-state index contributed by atoms with van der Waals surface area (Å²) in [5.41, 5.74) is 6.86. The molecule has 1 aliphatic heterocycles. The quantitative estimate of drug-likeness (QED) is 0.902. The average Bonchev–Trinajstić information content (AvgIpc) is 2.96. The number of nitrogens with two attached hydrogens (primary N) is 1. The Balaban J connectivity index is 2.03. The molecule has 4 nitrogen and oxygen atoms in total. The molecule has 1 fully saturated rings. The van der Waals surface area contributed by atoms with Gasteiger partial charge in [0, 0.05) is 30.7 Å². The standard InChI is InChI=1S/C15H22ClN3O/c1-18(11-15(20)19-8-4-5-9-19)14(10-17)12-6-2-3-7-13(12)16/h2-3,6-7,14H,4-5,8-11,17H2,1H3. The van der Waals surface area contributed by atoms with E-state index in [1.165, 1.54) is 0 Å². The van der Waals surface area contributed by atoms with Gasteiger partial charge in [0.15, 0.2) is 0 Å². The average molecular weight is 296 g/mol. The van der Waals surface area contributed by atoms with Gasteiger partial charge in [0.25, 0.3) is 0 Å². The fraction of sp³-hybridized carbons (Fsp3) is 0.533. The number of hydrogen-bond donors (Lipinski definition) is 1. The summed E-state index contributed by atoms with van der Waals surface area (Å²) in [4.78, 5) is 16.1. The molecular weight excluding hydrogens is 274 g/mol. The molecule has 2 rings (SSSR count). The first-order chi connectivity index (χ1) is 9.63. The van der Waals surface area contributed by atoms with Gasteiger partial charge in [-0.2, -0.15) is 0 Å². The highest BCUT2D eigenvalue weighted by Crippen LogP contribution is 2.26. The Kier molecular flexibility index (Phi) is 5.40. The highest BCUT2D eigenvalue weighted by atomic mass is 35.5. The van der Waals surface area contributed by atoms with Gasteiger partial charge in [-0.3, -0.25) is 9.69 Å². The molecule has 110 valence electrons. The van der Waals surface area contributed by atoms with Crippen molar-refractivity contribution < 1.29 is 4.79 Å². The zero-order valence-corrected chi connectivity index (χ0v) is 12.6. The van der Waals surface area contributed by atoms with E-state index < -0.39 is 0 Å². The van der Waals surface area contributed by atoms with E-state index in [4.69, 9.17) is 17.3 Å². The Morgan fingerprint density at radius 2 is 2.05 bits per heavy atom. The van der Waals surface area contributed by atoms with Crippen LogP contribution in [0, 0.1) is 0 Å². The van der Waals surface area contributed by atoms with E-state index in [2.05, 4.69) is 0 Å². The van der Waals surface area contributed by atoms with Crippen LogP contribution in [0.15, 0.2) is 24.3 Å². The lowest BCUT2D eigenvalue weighted by Crippen LogP contribution is -2.40. The number of nitrogens with zero attached hydrogens (tertiary/aromatic N) is 2. The number of carbonyl (C=O) groups is 1. The van der Waals surface area contributed by atoms with Crippen LogP contribution in [0.1, 0.15) is 24.4 Å². The van der Waals surface area contributed by atoms with Crippen molar-refractivity contribution in [2.24, 2.45) is 5.73 Å². The Morgan fingerprint density at radius 1 is 1.40 bits per heavy atom. The van der Waals surface area contributed by atoms with E-state index in [9.17, 15) is 4.79 Å². The van der Waals surface area contributed by atoms with Crippen molar-refractivity contribution >= 4 is 17.5 Å². The van der Waals surface area contributed by atoms with Crippen molar-refractivity contribution in [1.29, 1.82) is 0 Å². The van der Waals surface area contributed by atoms with Crippen molar-refractivity contribution in [3.8, 4) is 0 Å². The minimum absolute atomic E-state index is 0.0322. The maximum absolute atomic E-state index is 12.2. The highest BCUT2D eigenvalue weighted by Gasteiger charge is 2.23. The lowest BCUT2D eigenvalue weighted by molar-refractivity contribution is -0.131. The van der Waals surface area contributed by atoms with Gasteiger partial charge in [-0.25, -0.2) is 0 Å². The molecule has 5 heteroatoms. The van der Waals surface area contributed by atoms with E-state index in [1.807, 2.05) is 41.1 Å². The van der Waals surface area contributed by atoms with Gasteiger partial charge in [-0.05, 0) is 31.5 Å². The van der Waals surface area contributed by atoms with Crippen LogP contribution in [0.5, 0.6) is 0 Å². The van der Waals surface area contributed by atoms with Gasteiger partial charge in [0.2, 0.25) is 5.91 Å². The summed E-state index contributed by atoms with van der Waals surface area (Å²) in [6.45, 7) is 2.58. The number of likely N-dealkylation sites (N-methyl/N-ethyl adjacent to an activating group) is 1. The van der Waals surface area contributed by atoms with Crippen LogP contribution >= 0.6 is 11.6 Å². The second-order valence-corrected chi connectivity index (χ2v) is 5.68. The van der Waals surface area contributed by atoms with Crippen LogP contribution in [-0.2, 0) is 4.79 Å². The van der Waals surface area contributed by atoms with Gasteiger partial charge >= 0.3 is 0 Å². The lowest BCUT2D eigenvalue weighted by Gasteiger charge is -2.29. The Labute approximate surface area is 125 Å². The smallest absolute Gasteiger partial charge is 0.236 e. The summed E-state index contributed by atoms with van der Waals surface area (Å²) in [5, 5.41) is 0.698. The molecule has 0 aromatic heterocycles. The van der Waals surface area contributed by atoms with Crippen molar-refractivity contribution in [1.82, 2.24) is 9.80 Å². The lowest BCUT2D eigenvalue weighted by atomic mass is 10.1. The van der Waals surface area contributed by atoms with Crippen molar-refractivity contribution in [3.05, 3.63) is 34.9 Å². The molecule has 1 aromatic carbocycles. The number of hydrogen-bond acceptors (Lipinski definition) is 3. The first kappa shape index (κ1) is 15.3. The molecule has 0 aliphatic carbocycles. The molecule has 0 saturated carbocycles. The number of likely N-dealkylation sites (tertiary alicyclic amines) is 1. The molecule has 2 N–H and O–H groups in total. The first-order valence-corrected chi connectivity index (χ1v) is 7.43. The fourth-order valence-electron chi connectivity index (χ4n) is 2.68. The topological polar surface area (TPSA) is 49.6 Å². The minimum atomic E-state index is -0.0322. The van der Waals surface area contributed by atoms with Gasteiger partial charge in [-0.15, -0.1) is 0 Å². The molecule has 20 heavy (non-hydrogen) atoms. The summed E-state index contributed by atoms with van der Waals surface area (Å²) in [6.07, 6.45) is 2.22. The van der Waals surface area contributed by atoms with Crippen LogP contribution in [0.3, 0.4) is 0 Å². The molecule has 1 heterocycles. The fourth-order valence-corrected chi connectivity index (χ4v) is 2.94. The van der Waals surface area contributed by atoms with Gasteiger partial charge in [0.05, 0.1) is 6.54 Å². The predicted octanol–water partition coefficient (Wildman–Crippen LogP) is 1.89. The third-order valence-corrected chi connectivity index (χ3v) is 4.21. The largest absolute Gasteiger partial charge is 0.342 e. The highest BCUT2D eigenvalue weighted by molar-refractivity contribution is 6.31. The molecule has 0 radical (unpaired) electrons. The third kappa shape index (κ3) is 3.51. The SMILES string of the molecule is CN(CC(=O)N1CCCC1)C(CN)c1ccccc1Cl. The normalized spacial score (nSPS) is 16.7. The van der Waals surface area contributed by atoms with E-state index in [-0.39, 0.29) is 11.9 Å². The number of amides is 1. The summed E-state index contributed by atoms with van der Waals surface area (Å²) >= 11 is 6.23. The minimum Gasteiger partial charge on any atom is -0.342 e. The van der Waals surface area contributed by atoms with Crippen LogP contribution in [0.2, 0.25) is 5.02 Å². The van der Waals surface area contributed by atoms with Gasteiger partial charge in [0.1, 0.15) is 0 Å². The van der Waals surface area contributed by atoms with Crippen molar-refractivity contribution in [3.63, 3.8) is 0 Å². The summed E-state index contributed by atoms with van der Waals surface area (Å²) < 4.78 is 0. The van der Waals surface area contributed by atoms with E-state index in [0.29, 0.717) is 18.1 Å². The molecule has 1 atom stereocenters. The van der Waals surface area contributed by atoms with E-state index >= 15 is 0 Å². The van der Waals surface area contributed by atoms with Crippen molar-refractivity contribution in [2.75, 3.05) is 33.2 Å². The van der Waals surface area contributed by atoms with Crippen molar-refractivity contribution in [2.45, 2.75) is 18.9 Å². The molecule has 1 aliphatic rings. The zero-order valence-electron chi connectivity index (χ0n) is 11.9. The molecule has 0 spiro atoms. The predicted molar refractivity (Wildman–Crippen MR) is 81.7 cm³/mol. The van der Waals surface area contributed by atoms with Crippen LogP contribution < -0.4 is 5.73 Å². The molecule has 1 aromatic rings. The van der Waals surface area contributed by atoms with Crippen LogP contribution in [0.4, 0.5) is 0 Å². The first-order valence-electron chi connectivity index (χ1n) is 7.06. The van der Waals surface area contributed by atoms with Crippen LogP contribution in [-0.4, -0.2) is 48.9 Å². The molecular formula is C15H22ClN3O. The second-order valence-electron chi connectivity index (χ2n) is 5.28. The Bertz CT molecular complexity index is 460. The number of halogens is 1. The molecule has 0 bridgehead atoms. The van der Waals surface area contributed by atoms with Gasteiger partial charge in [-0.1, -0.05) is 29.8 Å². The maximum Gasteiger partial charge on any atom is 0.236 e. The van der Waals surface area contributed by atoms with E-state index in [0.717, 1.165) is 31.5 Å². The Hall–Kier alpha value is -1.10. The zero-order chi connectivity index (χ0) is 14.5. The summed E-state index contributed by atoms with van der Waals surface area (Å²) in [7, 11) is 1.93. The Morgan fingerprint density at radius 3 is 2.65 bits per heavy atom. The van der Waals surface area contributed by atoms with Gasteiger partial charge < -0.3 is 10.6 Å². The molecule has 1 unspecified atom stereocenters. The second kappa shape index (κ2) is 7.07. The van der Waals surface area contributed by atoms with E-state index in [1.54, 1.807) is 0 Å². The number of carbonyl (C=O) groups excluding carboxylic acids is 1. The summed E-state index contributed by atoms with van der Waals surface area (Å²) in [6, 6.07) is 7.64. The van der Waals surface area contributed by atoms with Crippen LogP contribution in [0.25, 0.3) is 0 Å². The molecule has 1 amide bonds.